The van der Waals surface area contributed by atoms with Crippen LogP contribution in [0.15, 0.2) is 0 Å². The van der Waals surface area contributed by atoms with Crippen molar-refractivity contribution in [1.29, 1.82) is 0 Å². The van der Waals surface area contributed by atoms with Gasteiger partial charge in [-0.1, -0.05) is 13.8 Å². The van der Waals surface area contributed by atoms with Crippen LogP contribution in [0.2, 0.25) is 0 Å². The molecule has 0 N–H and O–H groups in total. The van der Waals surface area contributed by atoms with E-state index in [2.05, 4.69) is 13.8 Å². The quantitative estimate of drug-likeness (QED) is 0.799. The minimum Gasteiger partial charge on any atom is -0.380 e. The van der Waals surface area contributed by atoms with Gasteiger partial charge < -0.3 is 23.7 Å². The van der Waals surface area contributed by atoms with E-state index in [0.29, 0.717) is 39.6 Å². The molecule has 0 spiro atoms. The van der Waals surface area contributed by atoms with E-state index in [-0.39, 0.29) is 10.8 Å². The summed E-state index contributed by atoms with van der Waals surface area (Å²) in [4.78, 5) is 0. The molecule has 0 aromatic rings. The van der Waals surface area contributed by atoms with Crippen LogP contribution >= 0.6 is 0 Å². The third-order valence-electron chi connectivity index (χ3n) is 3.97. The lowest BCUT2D eigenvalue weighted by Crippen LogP contribution is -2.49. The Morgan fingerprint density at radius 3 is 1.19 bits per heavy atom. The molecule has 5 heteroatoms. The molecular weight excluding hydrogens is 272 g/mol. The summed E-state index contributed by atoms with van der Waals surface area (Å²) >= 11 is 0. The van der Waals surface area contributed by atoms with E-state index in [9.17, 15) is 0 Å². The molecule has 0 bridgehead atoms. The van der Waals surface area contributed by atoms with Gasteiger partial charge in [-0.15, -0.1) is 0 Å². The zero-order chi connectivity index (χ0) is 15.8. The van der Waals surface area contributed by atoms with Crippen molar-refractivity contribution in [2.45, 2.75) is 53.1 Å². The summed E-state index contributed by atoms with van der Waals surface area (Å²) in [5.74, 6) is -0.968. The van der Waals surface area contributed by atoms with Crippen LogP contribution in [0.25, 0.3) is 0 Å². The van der Waals surface area contributed by atoms with Gasteiger partial charge >= 0.3 is 0 Å². The molecule has 0 aromatic heterocycles. The molecule has 2 rings (SSSR count). The highest BCUT2D eigenvalue weighted by atomic mass is 16.7. The van der Waals surface area contributed by atoms with Crippen molar-refractivity contribution in [3.05, 3.63) is 0 Å². The second-order valence-corrected chi connectivity index (χ2v) is 8.07. The number of rotatable bonds is 4. The summed E-state index contributed by atoms with van der Waals surface area (Å²) in [6.45, 7) is 15.8. The Bertz CT molecular complexity index is 310. The molecule has 2 saturated heterocycles. The lowest BCUT2D eigenvalue weighted by Gasteiger charge is -2.43. The Morgan fingerprint density at radius 1 is 0.619 bits per heavy atom. The lowest BCUT2D eigenvalue weighted by molar-refractivity contribution is -0.299. The van der Waals surface area contributed by atoms with Crippen LogP contribution in [0.3, 0.4) is 0 Å². The molecule has 2 heterocycles. The van der Waals surface area contributed by atoms with Crippen molar-refractivity contribution < 1.29 is 23.7 Å². The molecule has 21 heavy (non-hydrogen) atoms. The summed E-state index contributed by atoms with van der Waals surface area (Å²) in [7, 11) is 0. The van der Waals surface area contributed by atoms with Crippen LogP contribution in [-0.2, 0) is 23.7 Å². The fraction of sp³-hybridized carbons (Fsp3) is 1.00. The summed E-state index contributed by atoms with van der Waals surface area (Å²) in [6, 6.07) is 0. The first-order valence-corrected chi connectivity index (χ1v) is 7.67. The first-order chi connectivity index (χ1) is 9.54. The van der Waals surface area contributed by atoms with Gasteiger partial charge in [0.25, 0.3) is 0 Å². The predicted octanol–water partition coefficient (Wildman–Crippen LogP) is 2.58. The van der Waals surface area contributed by atoms with E-state index in [1.807, 2.05) is 27.7 Å². The summed E-state index contributed by atoms with van der Waals surface area (Å²) in [5.41, 5.74) is -0.191. The van der Waals surface area contributed by atoms with Gasteiger partial charge in [0.05, 0.1) is 39.6 Å². The largest absolute Gasteiger partial charge is 0.380 e. The Morgan fingerprint density at radius 2 is 0.905 bits per heavy atom. The second-order valence-electron chi connectivity index (χ2n) is 8.07. The van der Waals surface area contributed by atoms with Crippen molar-refractivity contribution in [2.24, 2.45) is 10.8 Å². The van der Waals surface area contributed by atoms with E-state index >= 15 is 0 Å². The van der Waals surface area contributed by atoms with Gasteiger partial charge in [0.15, 0.2) is 11.6 Å². The van der Waals surface area contributed by atoms with Gasteiger partial charge in [-0.25, -0.2) is 0 Å². The normalized spacial score (nSPS) is 30.0. The van der Waals surface area contributed by atoms with Crippen LogP contribution in [0, 0.1) is 10.8 Å². The average Bonchev–Trinajstić information content (AvgIpc) is 2.38. The minimum absolute atomic E-state index is 0.0957. The van der Waals surface area contributed by atoms with Crippen molar-refractivity contribution in [3.63, 3.8) is 0 Å². The van der Waals surface area contributed by atoms with E-state index in [4.69, 9.17) is 23.7 Å². The fourth-order valence-electron chi connectivity index (χ4n) is 2.27. The molecule has 2 aliphatic rings. The summed E-state index contributed by atoms with van der Waals surface area (Å²) in [5, 5.41) is 0. The maximum Gasteiger partial charge on any atom is 0.162 e. The Hall–Kier alpha value is -0.200. The third-order valence-corrected chi connectivity index (χ3v) is 3.97. The third kappa shape index (κ3) is 4.89. The van der Waals surface area contributed by atoms with Gasteiger partial charge in [-0.2, -0.15) is 0 Å². The molecule has 5 nitrogen and oxygen atoms in total. The van der Waals surface area contributed by atoms with Crippen LogP contribution in [0.5, 0.6) is 0 Å². The van der Waals surface area contributed by atoms with E-state index in [1.165, 1.54) is 0 Å². The van der Waals surface area contributed by atoms with Crippen LogP contribution in [0.1, 0.15) is 41.5 Å². The van der Waals surface area contributed by atoms with Crippen molar-refractivity contribution in [3.8, 4) is 0 Å². The smallest absolute Gasteiger partial charge is 0.162 e. The van der Waals surface area contributed by atoms with E-state index < -0.39 is 11.6 Å². The van der Waals surface area contributed by atoms with Crippen molar-refractivity contribution in [2.75, 3.05) is 39.6 Å². The predicted molar refractivity (Wildman–Crippen MR) is 79.0 cm³/mol. The van der Waals surface area contributed by atoms with Crippen molar-refractivity contribution in [1.82, 2.24) is 0 Å². The van der Waals surface area contributed by atoms with Gasteiger partial charge in [0.1, 0.15) is 0 Å². The number of hydrogen-bond donors (Lipinski definition) is 0. The molecule has 0 atom stereocenters. The molecule has 0 radical (unpaired) electrons. The molecule has 0 aliphatic carbocycles. The maximum atomic E-state index is 5.93. The topological polar surface area (TPSA) is 46.2 Å². The van der Waals surface area contributed by atoms with E-state index in [1.54, 1.807) is 0 Å². The molecule has 2 fully saturated rings. The van der Waals surface area contributed by atoms with Crippen LogP contribution < -0.4 is 0 Å². The maximum absolute atomic E-state index is 5.93. The van der Waals surface area contributed by atoms with Gasteiger partial charge in [-0.05, 0) is 27.7 Å². The molecule has 2 aliphatic heterocycles. The number of ether oxygens (including phenoxy) is 5. The molecule has 0 amide bonds. The molecular formula is C16H30O5. The summed E-state index contributed by atoms with van der Waals surface area (Å²) < 4.78 is 28.8. The zero-order valence-electron chi connectivity index (χ0n) is 14.3. The van der Waals surface area contributed by atoms with Gasteiger partial charge in [0.2, 0.25) is 0 Å². The molecule has 0 unspecified atom stereocenters. The molecule has 0 saturated carbocycles. The summed E-state index contributed by atoms with van der Waals surface area (Å²) in [6.07, 6.45) is 0. The SMILES string of the molecule is CC1(COCC2(C)COC(C)(C)OC2)COC(C)(C)OC1. The zero-order valence-corrected chi connectivity index (χ0v) is 14.3. The first kappa shape index (κ1) is 17.2. The Kier molecular flexibility index (Phi) is 4.72. The lowest BCUT2D eigenvalue weighted by atomic mass is 9.91. The minimum atomic E-state index is -0.484. The molecule has 124 valence electrons. The number of hydrogen-bond acceptors (Lipinski definition) is 5. The Labute approximate surface area is 128 Å². The first-order valence-electron chi connectivity index (χ1n) is 7.67. The Balaban J connectivity index is 1.74. The highest BCUT2D eigenvalue weighted by Crippen LogP contribution is 2.32. The average molecular weight is 302 g/mol. The second kappa shape index (κ2) is 5.78. The highest BCUT2D eigenvalue weighted by molar-refractivity contribution is 4.82. The molecule has 0 aromatic carbocycles. The monoisotopic (exact) mass is 302 g/mol. The fourth-order valence-corrected chi connectivity index (χ4v) is 2.27. The standard InChI is InChI=1S/C16H30O5/c1-13(2)18-9-15(5,10-19-13)7-17-8-16(6)11-20-14(3,4)21-12-16/h7-12H2,1-6H3. The van der Waals surface area contributed by atoms with E-state index in [0.717, 1.165) is 0 Å². The van der Waals surface area contributed by atoms with Crippen molar-refractivity contribution >= 4 is 0 Å². The highest BCUT2D eigenvalue weighted by Gasteiger charge is 2.39. The van der Waals surface area contributed by atoms with Gasteiger partial charge in [-0.3, -0.25) is 0 Å². The van der Waals surface area contributed by atoms with Gasteiger partial charge in [0, 0.05) is 10.8 Å². The van der Waals surface area contributed by atoms with Crippen LogP contribution in [-0.4, -0.2) is 51.2 Å². The van der Waals surface area contributed by atoms with Crippen LogP contribution in [0.4, 0.5) is 0 Å².